The fourth-order valence-corrected chi connectivity index (χ4v) is 2.54. The van der Waals surface area contributed by atoms with E-state index in [0.29, 0.717) is 5.69 Å². The van der Waals surface area contributed by atoms with Crippen molar-refractivity contribution in [2.45, 2.75) is 18.9 Å². The Morgan fingerprint density at radius 2 is 1.79 bits per heavy atom. The molecule has 2 aromatic rings. The number of esters is 1. The molecule has 7 nitrogen and oxygen atoms in total. The molecule has 2 aromatic carbocycles. The first-order valence-electron chi connectivity index (χ1n) is 9.24. The first-order valence-corrected chi connectivity index (χ1v) is 9.24. The van der Waals surface area contributed by atoms with Crippen molar-refractivity contribution in [2.24, 2.45) is 0 Å². The lowest BCUT2D eigenvalue weighted by molar-refractivity contribution is -0.124. The number of methoxy groups -OCH3 is 1. The third kappa shape index (κ3) is 6.21. The molecule has 0 radical (unpaired) electrons. The highest BCUT2D eigenvalue weighted by Gasteiger charge is 2.24. The van der Waals surface area contributed by atoms with Crippen LogP contribution in [0.3, 0.4) is 0 Å². The van der Waals surface area contributed by atoms with Gasteiger partial charge in [0.05, 0.1) is 18.4 Å². The first-order chi connectivity index (χ1) is 14.0. The molecular weight excluding hydrogens is 372 g/mol. The van der Waals surface area contributed by atoms with Gasteiger partial charge in [0, 0.05) is 12.1 Å². The van der Waals surface area contributed by atoms with Crippen molar-refractivity contribution in [1.82, 2.24) is 5.32 Å². The summed E-state index contributed by atoms with van der Waals surface area (Å²) in [6, 6.07) is 13.9. The largest absolute Gasteiger partial charge is 0.497 e. The van der Waals surface area contributed by atoms with Crippen molar-refractivity contribution in [3.8, 4) is 5.75 Å². The molecule has 0 spiro atoms. The van der Waals surface area contributed by atoms with Crippen molar-refractivity contribution >= 4 is 29.5 Å². The van der Waals surface area contributed by atoms with E-state index in [2.05, 4.69) is 10.6 Å². The maximum atomic E-state index is 12.3. The molecule has 0 heterocycles. The molecule has 0 unspecified atom stereocenters. The Labute approximate surface area is 168 Å². The van der Waals surface area contributed by atoms with E-state index in [9.17, 15) is 14.4 Å². The maximum Gasteiger partial charge on any atom is 0.340 e. The lowest BCUT2D eigenvalue weighted by Crippen LogP contribution is -2.30. The van der Waals surface area contributed by atoms with Crippen molar-refractivity contribution in [3.63, 3.8) is 0 Å². The second-order valence-electron chi connectivity index (χ2n) is 6.56. The van der Waals surface area contributed by atoms with Gasteiger partial charge >= 0.3 is 5.97 Å². The average molecular weight is 394 g/mol. The smallest absolute Gasteiger partial charge is 0.340 e. The fraction of sp³-hybridized carbons (Fsp3) is 0.227. The molecule has 1 saturated carbocycles. The second-order valence-corrected chi connectivity index (χ2v) is 6.56. The molecule has 2 N–H and O–H groups in total. The van der Waals surface area contributed by atoms with Crippen molar-refractivity contribution in [3.05, 3.63) is 65.7 Å². The number of amides is 2. The SMILES string of the molecule is COc1ccc(/C=C/C(=O)Nc2ccccc2C(=O)OCC(=O)NC2CC2)cc1. The Morgan fingerprint density at radius 1 is 1.07 bits per heavy atom. The Bertz CT molecular complexity index is 917. The number of carbonyl (C=O) groups is 3. The zero-order chi connectivity index (χ0) is 20.6. The van der Waals surface area contributed by atoms with Crippen LogP contribution in [0.5, 0.6) is 5.75 Å². The van der Waals surface area contributed by atoms with Crippen molar-refractivity contribution in [1.29, 1.82) is 0 Å². The van der Waals surface area contributed by atoms with E-state index in [1.807, 2.05) is 12.1 Å². The van der Waals surface area contributed by atoms with Crippen molar-refractivity contribution < 1.29 is 23.9 Å². The molecule has 0 saturated heterocycles. The highest BCUT2D eigenvalue weighted by molar-refractivity contribution is 6.06. The average Bonchev–Trinajstić information content (AvgIpc) is 3.55. The van der Waals surface area contributed by atoms with Gasteiger partial charge in [0.1, 0.15) is 5.75 Å². The predicted molar refractivity (Wildman–Crippen MR) is 109 cm³/mol. The number of anilines is 1. The number of carbonyl (C=O) groups excluding carboxylic acids is 3. The third-order valence-electron chi connectivity index (χ3n) is 4.22. The minimum absolute atomic E-state index is 0.179. The molecule has 3 rings (SSSR count). The quantitative estimate of drug-likeness (QED) is 0.530. The van der Waals surface area contributed by atoms with Gasteiger partial charge in [-0.1, -0.05) is 24.3 Å². The number of para-hydroxylation sites is 1. The van der Waals surface area contributed by atoms with Gasteiger partial charge in [0.25, 0.3) is 5.91 Å². The normalized spacial score (nSPS) is 13.0. The molecule has 150 valence electrons. The van der Waals surface area contributed by atoms with Gasteiger partial charge in [-0.05, 0) is 48.7 Å². The Balaban J connectivity index is 1.58. The summed E-state index contributed by atoms with van der Waals surface area (Å²) < 4.78 is 10.2. The summed E-state index contributed by atoms with van der Waals surface area (Å²) in [4.78, 5) is 36.2. The Hall–Kier alpha value is -3.61. The maximum absolute atomic E-state index is 12.3. The number of hydrogen-bond acceptors (Lipinski definition) is 5. The predicted octanol–water partition coefficient (Wildman–Crippen LogP) is 2.78. The lowest BCUT2D eigenvalue weighted by Gasteiger charge is -2.10. The van der Waals surface area contributed by atoms with E-state index >= 15 is 0 Å². The number of benzene rings is 2. The van der Waals surface area contributed by atoms with E-state index in [1.54, 1.807) is 43.5 Å². The summed E-state index contributed by atoms with van der Waals surface area (Å²) in [6.45, 7) is -0.352. The van der Waals surface area contributed by atoms with E-state index in [1.165, 1.54) is 12.1 Å². The number of hydrogen-bond donors (Lipinski definition) is 2. The van der Waals surface area contributed by atoms with Gasteiger partial charge in [-0.15, -0.1) is 0 Å². The fourth-order valence-electron chi connectivity index (χ4n) is 2.54. The molecule has 7 heteroatoms. The molecule has 0 atom stereocenters. The number of nitrogens with one attached hydrogen (secondary N) is 2. The van der Waals surface area contributed by atoms with Gasteiger partial charge in [0.2, 0.25) is 5.91 Å². The van der Waals surface area contributed by atoms with Crippen molar-refractivity contribution in [2.75, 3.05) is 19.0 Å². The highest BCUT2D eigenvalue weighted by atomic mass is 16.5. The summed E-state index contributed by atoms with van der Waals surface area (Å²) >= 11 is 0. The van der Waals surface area contributed by atoms with Crippen LogP contribution in [0.15, 0.2) is 54.6 Å². The molecule has 0 aromatic heterocycles. The highest BCUT2D eigenvalue weighted by Crippen LogP contribution is 2.19. The molecular formula is C22H22N2O5. The molecule has 1 aliphatic rings. The summed E-state index contributed by atoms with van der Waals surface area (Å²) in [6.07, 6.45) is 4.93. The monoisotopic (exact) mass is 394 g/mol. The Morgan fingerprint density at radius 3 is 2.48 bits per heavy atom. The molecule has 1 fully saturated rings. The third-order valence-corrected chi connectivity index (χ3v) is 4.22. The van der Waals surface area contributed by atoms with Crippen LogP contribution in [0.1, 0.15) is 28.8 Å². The Kier molecular flexibility index (Phi) is 6.63. The van der Waals surface area contributed by atoms with Crippen LogP contribution in [-0.2, 0) is 14.3 Å². The molecule has 0 bridgehead atoms. The van der Waals surface area contributed by atoms with Crippen LogP contribution in [0.4, 0.5) is 5.69 Å². The van der Waals surface area contributed by atoms with Gasteiger partial charge < -0.3 is 20.1 Å². The molecule has 0 aliphatic heterocycles. The number of ether oxygens (including phenoxy) is 2. The van der Waals surface area contributed by atoms with Gasteiger partial charge in [-0.2, -0.15) is 0 Å². The summed E-state index contributed by atoms with van der Waals surface area (Å²) in [5.41, 5.74) is 1.32. The van der Waals surface area contributed by atoms with Crippen LogP contribution < -0.4 is 15.4 Å². The minimum Gasteiger partial charge on any atom is -0.497 e. The standard InChI is InChI=1S/C22H22N2O5/c1-28-17-11-6-15(7-12-17)8-13-20(25)24-19-5-3-2-4-18(19)22(27)29-14-21(26)23-16-9-10-16/h2-8,11-13,16H,9-10,14H2,1H3,(H,23,26)(H,24,25)/b13-8+. The topological polar surface area (TPSA) is 93.7 Å². The van der Waals surface area contributed by atoms with Gasteiger partial charge in [0.15, 0.2) is 6.61 Å². The van der Waals surface area contributed by atoms with E-state index in [4.69, 9.17) is 9.47 Å². The lowest BCUT2D eigenvalue weighted by atomic mass is 10.1. The summed E-state index contributed by atoms with van der Waals surface area (Å²) in [5, 5.41) is 5.41. The minimum atomic E-state index is -0.675. The molecule has 2 amide bonds. The second kappa shape index (κ2) is 9.54. The zero-order valence-corrected chi connectivity index (χ0v) is 16.0. The van der Waals surface area contributed by atoms with E-state index in [0.717, 1.165) is 24.2 Å². The number of rotatable bonds is 8. The summed E-state index contributed by atoms with van der Waals surface area (Å²) in [5.74, 6) is -0.673. The van der Waals surface area contributed by atoms with Gasteiger partial charge in [-0.3, -0.25) is 9.59 Å². The first kappa shape index (κ1) is 20.1. The zero-order valence-electron chi connectivity index (χ0n) is 16.0. The van der Waals surface area contributed by atoms with Crippen LogP contribution in [0.25, 0.3) is 6.08 Å². The van der Waals surface area contributed by atoms with Crippen LogP contribution in [-0.4, -0.2) is 37.5 Å². The van der Waals surface area contributed by atoms with E-state index < -0.39 is 11.9 Å². The van der Waals surface area contributed by atoms with Crippen LogP contribution in [0.2, 0.25) is 0 Å². The van der Waals surface area contributed by atoms with Crippen LogP contribution >= 0.6 is 0 Å². The van der Waals surface area contributed by atoms with E-state index in [-0.39, 0.29) is 24.1 Å². The van der Waals surface area contributed by atoms with Gasteiger partial charge in [-0.25, -0.2) is 4.79 Å². The molecule has 1 aliphatic carbocycles. The summed E-state index contributed by atoms with van der Waals surface area (Å²) in [7, 11) is 1.58. The molecule has 29 heavy (non-hydrogen) atoms. The van der Waals surface area contributed by atoms with Crippen LogP contribution in [0, 0.1) is 0 Å².